The van der Waals surface area contributed by atoms with Gasteiger partial charge in [0, 0.05) is 18.6 Å². The topological polar surface area (TPSA) is 69.4 Å². The van der Waals surface area contributed by atoms with E-state index in [0.717, 1.165) is 11.3 Å². The Morgan fingerprint density at radius 1 is 1.24 bits per heavy atom. The molecular weight excluding hydrogens is 336 g/mol. The molecule has 25 heavy (non-hydrogen) atoms. The summed E-state index contributed by atoms with van der Waals surface area (Å²) in [7, 11) is 1.71. The molecule has 1 atom stereocenters. The number of hydrogen-bond acceptors (Lipinski definition) is 3. The van der Waals surface area contributed by atoms with Gasteiger partial charge in [-0.3, -0.25) is 4.99 Å². The lowest BCUT2D eigenvalue weighted by Gasteiger charge is -2.18. The van der Waals surface area contributed by atoms with E-state index in [-0.39, 0.29) is 6.10 Å². The van der Waals surface area contributed by atoms with Crippen molar-refractivity contribution in [2.75, 3.05) is 13.6 Å². The van der Waals surface area contributed by atoms with E-state index in [9.17, 15) is 0 Å². The monoisotopic (exact) mass is 356 g/mol. The lowest BCUT2D eigenvalue weighted by atomic mass is 10.1. The predicted molar refractivity (Wildman–Crippen MR) is 101 cm³/mol. The van der Waals surface area contributed by atoms with Gasteiger partial charge in [-0.2, -0.15) is 5.26 Å². The normalized spacial score (nSPS) is 12.2. The molecule has 5 nitrogen and oxygen atoms in total. The van der Waals surface area contributed by atoms with Gasteiger partial charge >= 0.3 is 0 Å². The number of aliphatic imine (C=N–C) groups is 1. The molecule has 1 unspecified atom stereocenters. The van der Waals surface area contributed by atoms with Crippen molar-refractivity contribution in [1.82, 2.24) is 10.6 Å². The SMILES string of the molecule is CN=C(NCc1cccc(C#N)c1)NCC(C)Oc1ccc(Cl)cc1. The van der Waals surface area contributed by atoms with Crippen molar-refractivity contribution in [3.8, 4) is 11.8 Å². The molecule has 0 saturated carbocycles. The molecule has 0 aliphatic heterocycles. The van der Waals surface area contributed by atoms with Gasteiger partial charge in [0.1, 0.15) is 11.9 Å². The molecule has 0 aliphatic carbocycles. The third kappa shape index (κ3) is 6.36. The minimum atomic E-state index is -0.0401. The van der Waals surface area contributed by atoms with Gasteiger partial charge in [0.15, 0.2) is 5.96 Å². The molecule has 0 radical (unpaired) electrons. The first kappa shape index (κ1) is 18.6. The van der Waals surface area contributed by atoms with Gasteiger partial charge in [0.2, 0.25) is 0 Å². The Morgan fingerprint density at radius 3 is 2.68 bits per heavy atom. The molecule has 0 aromatic heterocycles. The van der Waals surface area contributed by atoms with Gasteiger partial charge in [-0.25, -0.2) is 0 Å². The summed E-state index contributed by atoms with van der Waals surface area (Å²) >= 11 is 5.86. The second-order valence-corrected chi connectivity index (χ2v) is 5.94. The van der Waals surface area contributed by atoms with Crippen LogP contribution in [0, 0.1) is 11.3 Å². The van der Waals surface area contributed by atoms with E-state index in [1.54, 1.807) is 25.2 Å². The quantitative estimate of drug-likeness (QED) is 0.615. The standard InChI is InChI=1S/C19H21ClN4O/c1-14(25-18-8-6-17(20)7-9-18)12-23-19(22-2)24-13-16-5-3-4-15(10-16)11-21/h3-10,14H,12-13H2,1-2H3,(H2,22,23,24). The zero-order valence-corrected chi connectivity index (χ0v) is 15.0. The van der Waals surface area contributed by atoms with Gasteiger partial charge in [0.05, 0.1) is 18.2 Å². The molecule has 0 saturated heterocycles. The Balaban J connectivity index is 1.79. The summed E-state index contributed by atoms with van der Waals surface area (Å²) in [5.41, 5.74) is 1.67. The molecule has 0 fully saturated rings. The molecule has 0 aliphatic rings. The average Bonchev–Trinajstić information content (AvgIpc) is 2.64. The Morgan fingerprint density at radius 2 is 2.00 bits per heavy atom. The van der Waals surface area contributed by atoms with Crippen LogP contribution < -0.4 is 15.4 Å². The van der Waals surface area contributed by atoms with Gasteiger partial charge in [-0.05, 0) is 48.9 Å². The predicted octanol–water partition coefficient (Wildman–Crippen LogP) is 3.34. The molecular formula is C19H21ClN4O. The van der Waals surface area contributed by atoms with Crippen LogP contribution in [0.3, 0.4) is 0 Å². The number of nitriles is 1. The number of benzene rings is 2. The van der Waals surface area contributed by atoms with E-state index in [1.807, 2.05) is 37.3 Å². The molecule has 0 amide bonds. The third-order valence-electron chi connectivity index (χ3n) is 3.45. The summed E-state index contributed by atoms with van der Waals surface area (Å²) in [6.07, 6.45) is -0.0401. The maximum absolute atomic E-state index is 8.94. The van der Waals surface area contributed by atoms with Crippen LogP contribution in [-0.4, -0.2) is 25.7 Å². The fourth-order valence-electron chi connectivity index (χ4n) is 2.18. The van der Waals surface area contributed by atoms with Crippen LogP contribution in [0.5, 0.6) is 5.75 Å². The van der Waals surface area contributed by atoms with E-state index in [1.165, 1.54) is 0 Å². The van der Waals surface area contributed by atoms with Crippen LogP contribution in [0.2, 0.25) is 5.02 Å². The number of ether oxygens (including phenoxy) is 1. The van der Waals surface area contributed by atoms with Gasteiger partial charge < -0.3 is 15.4 Å². The maximum atomic E-state index is 8.94. The van der Waals surface area contributed by atoms with E-state index in [2.05, 4.69) is 21.7 Å². The summed E-state index contributed by atoms with van der Waals surface area (Å²) in [5.74, 6) is 1.45. The van der Waals surface area contributed by atoms with Gasteiger partial charge in [-0.1, -0.05) is 23.7 Å². The Bertz CT molecular complexity index is 753. The zero-order valence-electron chi connectivity index (χ0n) is 14.3. The fourth-order valence-corrected chi connectivity index (χ4v) is 2.31. The summed E-state index contributed by atoms with van der Waals surface area (Å²) in [5, 5.41) is 16.1. The fraction of sp³-hybridized carbons (Fsp3) is 0.263. The Hall–Kier alpha value is -2.71. The van der Waals surface area contributed by atoms with Crippen molar-refractivity contribution in [2.45, 2.75) is 19.6 Å². The van der Waals surface area contributed by atoms with Crippen molar-refractivity contribution < 1.29 is 4.74 Å². The Kier molecular flexibility index (Phi) is 7.12. The van der Waals surface area contributed by atoms with Crippen molar-refractivity contribution in [1.29, 1.82) is 5.26 Å². The molecule has 2 aromatic carbocycles. The Labute approximate surface area is 153 Å². The van der Waals surface area contributed by atoms with Crippen LogP contribution in [0.1, 0.15) is 18.1 Å². The second-order valence-electron chi connectivity index (χ2n) is 5.50. The highest BCUT2D eigenvalue weighted by atomic mass is 35.5. The molecule has 0 heterocycles. The smallest absolute Gasteiger partial charge is 0.191 e. The van der Waals surface area contributed by atoms with E-state index in [0.29, 0.717) is 29.6 Å². The summed E-state index contributed by atoms with van der Waals surface area (Å²) < 4.78 is 5.82. The molecule has 0 spiro atoms. The lowest BCUT2D eigenvalue weighted by Crippen LogP contribution is -2.41. The van der Waals surface area contributed by atoms with E-state index >= 15 is 0 Å². The minimum Gasteiger partial charge on any atom is -0.489 e. The number of hydrogen-bond donors (Lipinski definition) is 2. The lowest BCUT2D eigenvalue weighted by molar-refractivity contribution is 0.224. The average molecular weight is 357 g/mol. The highest BCUT2D eigenvalue weighted by Crippen LogP contribution is 2.16. The molecule has 130 valence electrons. The van der Waals surface area contributed by atoms with Gasteiger partial charge in [0.25, 0.3) is 0 Å². The van der Waals surface area contributed by atoms with Crippen LogP contribution in [-0.2, 0) is 6.54 Å². The van der Waals surface area contributed by atoms with E-state index < -0.39 is 0 Å². The molecule has 6 heteroatoms. The van der Waals surface area contributed by atoms with Crippen LogP contribution >= 0.6 is 11.6 Å². The number of nitrogens with one attached hydrogen (secondary N) is 2. The first-order valence-corrected chi connectivity index (χ1v) is 8.34. The van der Waals surface area contributed by atoms with Crippen molar-refractivity contribution >= 4 is 17.6 Å². The number of guanidine groups is 1. The molecule has 2 aromatic rings. The highest BCUT2D eigenvalue weighted by Gasteiger charge is 2.06. The molecule has 2 rings (SSSR count). The first-order chi connectivity index (χ1) is 12.1. The maximum Gasteiger partial charge on any atom is 0.191 e. The van der Waals surface area contributed by atoms with Crippen LogP contribution in [0.4, 0.5) is 0 Å². The zero-order chi connectivity index (χ0) is 18.1. The summed E-state index contributed by atoms with van der Waals surface area (Å²) in [4.78, 5) is 4.19. The first-order valence-electron chi connectivity index (χ1n) is 7.96. The summed E-state index contributed by atoms with van der Waals surface area (Å²) in [6, 6.07) is 16.9. The number of nitrogens with zero attached hydrogens (tertiary/aromatic N) is 2. The number of rotatable bonds is 6. The summed E-state index contributed by atoms with van der Waals surface area (Å²) in [6.45, 7) is 3.16. The molecule has 0 bridgehead atoms. The second kappa shape index (κ2) is 9.55. The third-order valence-corrected chi connectivity index (χ3v) is 3.70. The van der Waals surface area contributed by atoms with Gasteiger partial charge in [-0.15, -0.1) is 0 Å². The van der Waals surface area contributed by atoms with Crippen molar-refractivity contribution in [3.05, 3.63) is 64.7 Å². The highest BCUT2D eigenvalue weighted by molar-refractivity contribution is 6.30. The van der Waals surface area contributed by atoms with Crippen LogP contribution in [0.15, 0.2) is 53.5 Å². The molecule has 2 N–H and O–H groups in total. The minimum absolute atomic E-state index is 0.0401. The van der Waals surface area contributed by atoms with Crippen molar-refractivity contribution in [2.24, 2.45) is 4.99 Å². The van der Waals surface area contributed by atoms with Crippen LogP contribution in [0.25, 0.3) is 0 Å². The van der Waals surface area contributed by atoms with Crippen molar-refractivity contribution in [3.63, 3.8) is 0 Å². The largest absolute Gasteiger partial charge is 0.489 e. The van der Waals surface area contributed by atoms with E-state index in [4.69, 9.17) is 21.6 Å². The number of halogens is 1.